The van der Waals surface area contributed by atoms with Gasteiger partial charge in [0.15, 0.2) is 0 Å². The van der Waals surface area contributed by atoms with Crippen molar-refractivity contribution >= 4 is 11.6 Å². The van der Waals surface area contributed by atoms with Crippen molar-refractivity contribution in [2.24, 2.45) is 10.8 Å². The van der Waals surface area contributed by atoms with Gasteiger partial charge in [0.25, 0.3) is 0 Å². The molecule has 0 aliphatic heterocycles. The normalized spacial score (nSPS) is 21.2. The average Bonchev–Trinajstić information content (AvgIpc) is 2.72. The van der Waals surface area contributed by atoms with E-state index in [0.29, 0.717) is 6.42 Å². The van der Waals surface area contributed by atoms with E-state index in [0.717, 1.165) is 11.3 Å². The lowest BCUT2D eigenvalue weighted by Crippen LogP contribution is -2.30. The van der Waals surface area contributed by atoms with E-state index in [1.54, 1.807) is 0 Å². The number of hydrogen-bond acceptors (Lipinski definition) is 2. The van der Waals surface area contributed by atoms with Crippen LogP contribution >= 0.6 is 0 Å². The minimum Gasteiger partial charge on any atom is -0.399 e. The molecule has 0 aromatic heterocycles. The maximum atomic E-state index is 12.2. The van der Waals surface area contributed by atoms with Crippen LogP contribution in [0.5, 0.6) is 0 Å². The van der Waals surface area contributed by atoms with Gasteiger partial charge in [-0.25, -0.2) is 0 Å². The number of nitrogens with two attached hydrogens (primary N) is 1. The Morgan fingerprint density at radius 2 is 1.70 bits per heavy atom. The molecule has 3 nitrogen and oxygen atoms in total. The van der Waals surface area contributed by atoms with Crippen LogP contribution in [0.3, 0.4) is 0 Å². The average molecular weight is 274 g/mol. The fourth-order valence-electron chi connectivity index (χ4n) is 3.00. The van der Waals surface area contributed by atoms with E-state index in [1.165, 1.54) is 0 Å². The molecule has 20 heavy (non-hydrogen) atoms. The lowest BCUT2D eigenvalue weighted by atomic mass is 9.97. The molecule has 1 atom stereocenters. The van der Waals surface area contributed by atoms with Gasteiger partial charge >= 0.3 is 0 Å². The van der Waals surface area contributed by atoms with E-state index in [9.17, 15) is 4.79 Å². The van der Waals surface area contributed by atoms with Crippen molar-refractivity contribution in [2.75, 3.05) is 5.73 Å². The van der Waals surface area contributed by atoms with Gasteiger partial charge in [-0.1, -0.05) is 46.8 Å². The molecule has 1 aliphatic rings. The standard InChI is InChI=1S/C17H26N2O/c1-11(12-6-8-13(18)9-7-12)10-14(20)19-15-16(2,3)17(15,4)5/h6-9,11,15H,10,18H2,1-5H3,(H,19,20). The first-order chi connectivity index (χ1) is 9.16. The van der Waals surface area contributed by atoms with Gasteiger partial charge in [-0.05, 0) is 34.4 Å². The van der Waals surface area contributed by atoms with Crippen LogP contribution in [0, 0.1) is 10.8 Å². The number of hydrogen-bond donors (Lipinski definition) is 2. The topological polar surface area (TPSA) is 55.1 Å². The summed E-state index contributed by atoms with van der Waals surface area (Å²) in [7, 11) is 0. The van der Waals surface area contributed by atoms with Crippen LogP contribution in [0.15, 0.2) is 24.3 Å². The molecule has 0 saturated heterocycles. The molecule has 3 heteroatoms. The molecule has 1 unspecified atom stereocenters. The molecule has 3 N–H and O–H groups in total. The zero-order valence-electron chi connectivity index (χ0n) is 13.2. The number of carbonyl (C=O) groups excluding carboxylic acids is 1. The fourth-order valence-corrected chi connectivity index (χ4v) is 3.00. The summed E-state index contributed by atoms with van der Waals surface area (Å²) >= 11 is 0. The smallest absolute Gasteiger partial charge is 0.220 e. The van der Waals surface area contributed by atoms with Crippen LogP contribution in [0.4, 0.5) is 5.69 Å². The van der Waals surface area contributed by atoms with Crippen molar-refractivity contribution in [1.29, 1.82) is 0 Å². The molecule has 1 amide bonds. The van der Waals surface area contributed by atoms with Gasteiger partial charge in [-0.15, -0.1) is 0 Å². The van der Waals surface area contributed by atoms with E-state index in [-0.39, 0.29) is 28.7 Å². The quantitative estimate of drug-likeness (QED) is 0.828. The Morgan fingerprint density at radius 1 is 1.20 bits per heavy atom. The van der Waals surface area contributed by atoms with Crippen molar-refractivity contribution in [3.63, 3.8) is 0 Å². The second kappa shape index (κ2) is 4.80. The number of rotatable bonds is 4. The predicted octanol–water partition coefficient (Wildman–Crippen LogP) is 3.31. The van der Waals surface area contributed by atoms with Gasteiger partial charge in [0, 0.05) is 18.2 Å². The van der Waals surface area contributed by atoms with Crippen molar-refractivity contribution in [3.8, 4) is 0 Å². The molecule has 1 aromatic rings. The molecule has 1 saturated carbocycles. The van der Waals surface area contributed by atoms with Gasteiger partial charge in [0.2, 0.25) is 5.91 Å². The number of nitrogen functional groups attached to an aromatic ring is 1. The number of amides is 1. The van der Waals surface area contributed by atoms with Crippen LogP contribution in [0.2, 0.25) is 0 Å². The SMILES string of the molecule is CC(CC(=O)NC1C(C)(C)C1(C)C)c1ccc(N)cc1. The number of benzene rings is 1. The monoisotopic (exact) mass is 274 g/mol. The van der Waals surface area contributed by atoms with Crippen LogP contribution in [0.25, 0.3) is 0 Å². The van der Waals surface area contributed by atoms with Gasteiger partial charge in [-0.2, -0.15) is 0 Å². The minimum absolute atomic E-state index is 0.137. The van der Waals surface area contributed by atoms with E-state index in [2.05, 4.69) is 39.9 Å². The third kappa shape index (κ3) is 2.54. The van der Waals surface area contributed by atoms with Crippen LogP contribution in [-0.4, -0.2) is 11.9 Å². The van der Waals surface area contributed by atoms with Crippen molar-refractivity contribution < 1.29 is 4.79 Å². The number of carbonyl (C=O) groups is 1. The molecule has 1 aromatic carbocycles. The third-order valence-corrected chi connectivity index (χ3v) is 5.32. The summed E-state index contributed by atoms with van der Waals surface area (Å²) in [6.07, 6.45) is 0.520. The second-order valence-corrected chi connectivity index (χ2v) is 7.22. The van der Waals surface area contributed by atoms with Gasteiger partial charge in [-0.3, -0.25) is 4.79 Å². The highest BCUT2D eigenvalue weighted by molar-refractivity contribution is 5.78. The summed E-state index contributed by atoms with van der Waals surface area (Å²) in [5.74, 6) is 0.346. The first kappa shape index (κ1) is 14.9. The zero-order chi connectivity index (χ0) is 15.1. The summed E-state index contributed by atoms with van der Waals surface area (Å²) in [6, 6.07) is 8.05. The number of anilines is 1. The molecule has 0 spiro atoms. The molecule has 0 heterocycles. The molecule has 1 aliphatic carbocycles. The predicted molar refractivity (Wildman–Crippen MR) is 83.4 cm³/mol. The van der Waals surface area contributed by atoms with Gasteiger partial charge in [0.05, 0.1) is 0 Å². The summed E-state index contributed by atoms with van der Waals surface area (Å²) in [6.45, 7) is 10.9. The molecular weight excluding hydrogens is 248 g/mol. The van der Waals surface area contributed by atoms with Crippen LogP contribution in [0.1, 0.15) is 52.5 Å². The maximum absolute atomic E-state index is 12.2. The van der Waals surface area contributed by atoms with Gasteiger partial charge < -0.3 is 11.1 Å². The van der Waals surface area contributed by atoms with Crippen LogP contribution < -0.4 is 11.1 Å². The first-order valence-corrected chi connectivity index (χ1v) is 7.31. The Balaban J connectivity index is 1.91. The summed E-state index contributed by atoms with van der Waals surface area (Å²) < 4.78 is 0. The summed E-state index contributed by atoms with van der Waals surface area (Å²) in [4.78, 5) is 12.2. The molecule has 0 radical (unpaired) electrons. The van der Waals surface area contributed by atoms with E-state index in [4.69, 9.17) is 5.73 Å². The second-order valence-electron chi connectivity index (χ2n) is 7.22. The van der Waals surface area contributed by atoms with Crippen molar-refractivity contribution in [2.45, 2.75) is 53.0 Å². The highest BCUT2D eigenvalue weighted by atomic mass is 16.1. The van der Waals surface area contributed by atoms with E-state index >= 15 is 0 Å². The molecule has 110 valence electrons. The Bertz CT molecular complexity index is 488. The highest BCUT2D eigenvalue weighted by Gasteiger charge is 2.65. The third-order valence-electron chi connectivity index (χ3n) is 5.32. The highest BCUT2D eigenvalue weighted by Crippen LogP contribution is 2.62. The lowest BCUT2D eigenvalue weighted by molar-refractivity contribution is -0.121. The largest absolute Gasteiger partial charge is 0.399 e. The lowest BCUT2D eigenvalue weighted by Gasteiger charge is -2.13. The van der Waals surface area contributed by atoms with Crippen molar-refractivity contribution in [1.82, 2.24) is 5.32 Å². The fraction of sp³-hybridized carbons (Fsp3) is 0.588. The molecule has 1 fully saturated rings. The first-order valence-electron chi connectivity index (χ1n) is 7.31. The Labute approximate surface area is 121 Å². The maximum Gasteiger partial charge on any atom is 0.220 e. The molecule has 0 bridgehead atoms. The number of nitrogens with one attached hydrogen (secondary N) is 1. The van der Waals surface area contributed by atoms with Crippen molar-refractivity contribution in [3.05, 3.63) is 29.8 Å². The Hall–Kier alpha value is -1.51. The Kier molecular flexibility index (Phi) is 3.57. The van der Waals surface area contributed by atoms with E-state index in [1.807, 2.05) is 24.3 Å². The molecule has 2 rings (SSSR count). The minimum atomic E-state index is 0.137. The Morgan fingerprint density at radius 3 is 2.15 bits per heavy atom. The zero-order valence-corrected chi connectivity index (χ0v) is 13.2. The van der Waals surface area contributed by atoms with Crippen LogP contribution in [-0.2, 0) is 4.79 Å². The van der Waals surface area contributed by atoms with E-state index < -0.39 is 0 Å². The van der Waals surface area contributed by atoms with Gasteiger partial charge in [0.1, 0.15) is 0 Å². The summed E-state index contributed by atoms with van der Waals surface area (Å²) in [5.41, 5.74) is 7.97. The summed E-state index contributed by atoms with van der Waals surface area (Å²) in [5, 5.41) is 3.18. The molecular formula is C17H26N2O.